The first-order chi connectivity index (χ1) is 13.4. The minimum atomic E-state index is -1.13. The maximum absolute atomic E-state index is 12.0. The molecule has 0 spiro atoms. The van der Waals surface area contributed by atoms with Gasteiger partial charge in [0.15, 0.2) is 5.79 Å². The lowest BCUT2D eigenvalue weighted by molar-refractivity contribution is -0.141. The van der Waals surface area contributed by atoms with E-state index in [-0.39, 0.29) is 6.10 Å². The van der Waals surface area contributed by atoms with Crippen LogP contribution in [0.2, 0.25) is 0 Å². The molecule has 1 aromatic carbocycles. The van der Waals surface area contributed by atoms with E-state index in [0.717, 1.165) is 5.56 Å². The molecule has 162 valence electrons. The lowest BCUT2D eigenvalue weighted by atomic mass is 9.93. The maximum atomic E-state index is 12.0. The van der Waals surface area contributed by atoms with Crippen LogP contribution in [0.5, 0.6) is 5.75 Å². The van der Waals surface area contributed by atoms with Crippen molar-refractivity contribution in [2.45, 2.75) is 71.0 Å². The molecule has 1 saturated heterocycles. The first-order valence-corrected chi connectivity index (χ1v) is 9.63. The zero-order valence-corrected chi connectivity index (χ0v) is 17.9. The predicted molar refractivity (Wildman–Crippen MR) is 106 cm³/mol. The second-order valence-electron chi connectivity index (χ2n) is 8.58. The molecule has 0 radical (unpaired) electrons. The van der Waals surface area contributed by atoms with Gasteiger partial charge in [-0.3, -0.25) is 0 Å². The van der Waals surface area contributed by atoms with Crippen molar-refractivity contribution in [2.75, 3.05) is 13.2 Å². The van der Waals surface area contributed by atoms with E-state index in [1.54, 1.807) is 52.0 Å². The fraction of sp³-hybridized carbons (Fsp3) is 0.619. The summed E-state index contributed by atoms with van der Waals surface area (Å²) in [5, 5.41) is 12.0. The van der Waals surface area contributed by atoms with Crippen molar-refractivity contribution in [1.82, 2.24) is 5.32 Å². The summed E-state index contributed by atoms with van der Waals surface area (Å²) in [7, 11) is 0. The molecule has 3 atom stereocenters. The number of amides is 1. The van der Waals surface area contributed by atoms with Crippen molar-refractivity contribution < 1.29 is 33.6 Å². The van der Waals surface area contributed by atoms with Crippen molar-refractivity contribution in [1.29, 1.82) is 0 Å². The summed E-state index contributed by atoms with van der Waals surface area (Å²) in [6, 6.07) is 5.96. The first kappa shape index (κ1) is 23.0. The van der Waals surface area contributed by atoms with E-state index in [1.165, 1.54) is 0 Å². The molecule has 29 heavy (non-hydrogen) atoms. The van der Waals surface area contributed by atoms with Gasteiger partial charge in [-0.1, -0.05) is 19.1 Å². The van der Waals surface area contributed by atoms with Crippen LogP contribution in [0.3, 0.4) is 0 Å². The SMILES string of the molecule is CC(c1ccc(OCC2COC(C)(C)O2)cc1)C(NC(=O)OC(C)(C)C)C(=O)O. The zero-order chi connectivity index (χ0) is 21.8. The van der Waals surface area contributed by atoms with Gasteiger partial charge in [0.1, 0.15) is 30.1 Å². The molecule has 0 bridgehead atoms. The number of alkyl carbamates (subject to hydrolysis) is 1. The number of ether oxygens (including phenoxy) is 4. The third-order valence-corrected chi connectivity index (χ3v) is 4.35. The molecule has 1 aromatic rings. The summed E-state index contributed by atoms with van der Waals surface area (Å²) in [6.45, 7) is 11.4. The van der Waals surface area contributed by atoms with E-state index >= 15 is 0 Å². The van der Waals surface area contributed by atoms with Gasteiger partial charge in [0.2, 0.25) is 0 Å². The molecule has 1 amide bonds. The van der Waals surface area contributed by atoms with Crippen molar-refractivity contribution in [3.63, 3.8) is 0 Å². The molecule has 3 unspecified atom stereocenters. The van der Waals surface area contributed by atoms with Crippen LogP contribution in [0.25, 0.3) is 0 Å². The molecular formula is C21H31NO7. The maximum Gasteiger partial charge on any atom is 0.408 e. The molecule has 8 heteroatoms. The number of hydrogen-bond acceptors (Lipinski definition) is 6. The molecule has 1 fully saturated rings. The Hall–Kier alpha value is -2.32. The predicted octanol–water partition coefficient (Wildman–Crippen LogP) is 3.30. The Balaban J connectivity index is 1.95. The lowest BCUT2D eigenvalue weighted by Crippen LogP contribution is -2.46. The van der Waals surface area contributed by atoms with E-state index < -0.39 is 35.4 Å². The average molecular weight is 409 g/mol. The number of carbonyl (C=O) groups excluding carboxylic acids is 1. The number of hydrogen-bond donors (Lipinski definition) is 2. The number of carboxylic acid groups (broad SMARTS) is 1. The Labute approximate surface area is 171 Å². The first-order valence-electron chi connectivity index (χ1n) is 9.63. The highest BCUT2D eigenvalue weighted by Crippen LogP contribution is 2.25. The standard InChI is InChI=1S/C21H31NO7/c1-13(17(18(23)24)22-19(25)29-20(2,3)4)14-7-9-15(10-8-14)26-11-16-12-27-21(5,6)28-16/h7-10,13,16-17H,11-12H2,1-6H3,(H,22,25)(H,23,24). The third-order valence-electron chi connectivity index (χ3n) is 4.35. The highest BCUT2D eigenvalue weighted by atomic mass is 16.7. The van der Waals surface area contributed by atoms with E-state index in [9.17, 15) is 14.7 Å². The van der Waals surface area contributed by atoms with Crippen LogP contribution in [0.4, 0.5) is 4.79 Å². The fourth-order valence-corrected chi connectivity index (χ4v) is 2.93. The molecule has 1 aliphatic heterocycles. The lowest BCUT2D eigenvalue weighted by Gasteiger charge is -2.25. The van der Waals surface area contributed by atoms with Gasteiger partial charge in [-0.2, -0.15) is 0 Å². The number of carbonyl (C=O) groups is 2. The van der Waals surface area contributed by atoms with Crippen molar-refractivity contribution >= 4 is 12.1 Å². The number of benzene rings is 1. The summed E-state index contributed by atoms with van der Waals surface area (Å²) in [5.41, 5.74) is 0.0425. The summed E-state index contributed by atoms with van der Waals surface area (Å²) in [6.07, 6.45) is -0.906. The largest absolute Gasteiger partial charge is 0.491 e. The minimum absolute atomic E-state index is 0.141. The number of carboxylic acids is 1. The van der Waals surface area contributed by atoms with Crippen LogP contribution in [0, 0.1) is 0 Å². The van der Waals surface area contributed by atoms with Crippen LogP contribution in [0.15, 0.2) is 24.3 Å². The Kier molecular flexibility index (Phi) is 7.13. The second-order valence-corrected chi connectivity index (χ2v) is 8.58. The number of aliphatic carboxylic acids is 1. The molecule has 0 aliphatic carbocycles. The monoisotopic (exact) mass is 409 g/mol. The van der Waals surface area contributed by atoms with Gasteiger partial charge in [-0.25, -0.2) is 9.59 Å². The summed E-state index contributed by atoms with van der Waals surface area (Å²) in [5.74, 6) is -1.56. The summed E-state index contributed by atoms with van der Waals surface area (Å²) in [4.78, 5) is 23.6. The van der Waals surface area contributed by atoms with E-state index in [4.69, 9.17) is 18.9 Å². The third kappa shape index (κ3) is 7.21. The van der Waals surface area contributed by atoms with Crippen LogP contribution in [-0.4, -0.2) is 53.9 Å². The Morgan fingerprint density at radius 2 is 1.90 bits per heavy atom. The van der Waals surface area contributed by atoms with Crippen LogP contribution in [-0.2, 0) is 19.0 Å². The number of rotatable bonds is 7. The Bertz CT molecular complexity index is 709. The fourth-order valence-electron chi connectivity index (χ4n) is 2.93. The van der Waals surface area contributed by atoms with Crippen molar-refractivity contribution in [2.24, 2.45) is 0 Å². The van der Waals surface area contributed by atoms with Gasteiger partial charge < -0.3 is 29.4 Å². The Morgan fingerprint density at radius 3 is 2.38 bits per heavy atom. The van der Waals surface area contributed by atoms with Gasteiger partial charge in [-0.15, -0.1) is 0 Å². The van der Waals surface area contributed by atoms with Crippen LogP contribution < -0.4 is 10.1 Å². The van der Waals surface area contributed by atoms with Gasteiger partial charge in [0.25, 0.3) is 0 Å². The summed E-state index contributed by atoms with van der Waals surface area (Å²) < 4.78 is 22.1. The van der Waals surface area contributed by atoms with Gasteiger partial charge in [0.05, 0.1) is 6.61 Å². The molecule has 8 nitrogen and oxygen atoms in total. The highest BCUT2D eigenvalue weighted by molar-refractivity contribution is 5.81. The molecule has 0 saturated carbocycles. The Morgan fingerprint density at radius 1 is 1.28 bits per heavy atom. The second kappa shape index (κ2) is 9.00. The van der Waals surface area contributed by atoms with Crippen molar-refractivity contribution in [3.05, 3.63) is 29.8 Å². The number of nitrogens with one attached hydrogen (secondary N) is 1. The quantitative estimate of drug-likeness (QED) is 0.712. The van der Waals surface area contributed by atoms with E-state index in [0.29, 0.717) is 19.0 Å². The van der Waals surface area contributed by atoms with Crippen molar-refractivity contribution in [3.8, 4) is 5.75 Å². The minimum Gasteiger partial charge on any atom is -0.491 e. The average Bonchev–Trinajstić information content (AvgIpc) is 2.95. The molecule has 1 aliphatic rings. The van der Waals surface area contributed by atoms with Crippen LogP contribution >= 0.6 is 0 Å². The topological polar surface area (TPSA) is 103 Å². The molecular weight excluding hydrogens is 378 g/mol. The molecule has 0 aromatic heterocycles. The summed E-state index contributed by atoms with van der Waals surface area (Å²) >= 11 is 0. The van der Waals surface area contributed by atoms with Crippen LogP contribution in [0.1, 0.15) is 53.0 Å². The highest BCUT2D eigenvalue weighted by Gasteiger charge is 2.33. The zero-order valence-electron chi connectivity index (χ0n) is 17.9. The molecule has 2 rings (SSSR count). The normalized spacial score (nSPS) is 20.6. The van der Waals surface area contributed by atoms with Gasteiger partial charge in [0, 0.05) is 5.92 Å². The van der Waals surface area contributed by atoms with E-state index in [2.05, 4.69) is 5.32 Å². The van der Waals surface area contributed by atoms with Gasteiger partial charge in [-0.05, 0) is 52.3 Å². The van der Waals surface area contributed by atoms with E-state index in [1.807, 2.05) is 13.8 Å². The molecule has 2 N–H and O–H groups in total. The smallest absolute Gasteiger partial charge is 0.408 e. The molecule has 1 heterocycles. The van der Waals surface area contributed by atoms with Gasteiger partial charge >= 0.3 is 12.1 Å².